The Morgan fingerprint density at radius 3 is 2.67 bits per heavy atom. The third kappa shape index (κ3) is 3.64. The first-order valence-electron chi connectivity index (χ1n) is 7.48. The number of rotatable bonds is 6. The van der Waals surface area contributed by atoms with E-state index in [4.69, 9.17) is 4.74 Å². The highest BCUT2D eigenvalue weighted by atomic mass is 16.5. The normalized spacial score (nSPS) is 11.1. The summed E-state index contributed by atoms with van der Waals surface area (Å²) in [4.78, 5) is 0. The largest absolute Gasteiger partial charge is 0.497 e. The molecule has 2 rings (SSSR count). The molecular weight excluding hydrogens is 262 g/mol. The summed E-state index contributed by atoms with van der Waals surface area (Å²) in [5, 5.41) is 8.03. The second kappa shape index (κ2) is 6.76. The van der Waals surface area contributed by atoms with Crippen LogP contribution < -0.4 is 10.1 Å². The molecule has 0 aliphatic heterocycles. The Labute approximate surface area is 127 Å². The van der Waals surface area contributed by atoms with Gasteiger partial charge in [-0.3, -0.25) is 4.68 Å². The zero-order valence-electron chi connectivity index (χ0n) is 13.6. The summed E-state index contributed by atoms with van der Waals surface area (Å²) in [6.07, 6.45) is 3.03. The Morgan fingerprint density at radius 2 is 2.05 bits per heavy atom. The van der Waals surface area contributed by atoms with Crippen molar-refractivity contribution in [3.63, 3.8) is 0 Å². The third-order valence-corrected chi connectivity index (χ3v) is 3.54. The minimum Gasteiger partial charge on any atom is -0.497 e. The van der Waals surface area contributed by atoms with Gasteiger partial charge in [0.25, 0.3) is 0 Å². The van der Waals surface area contributed by atoms with Gasteiger partial charge < -0.3 is 10.1 Å². The van der Waals surface area contributed by atoms with Crippen molar-refractivity contribution in [1.29, 1.82) is 0 Å². The van der Waals surface area contributed by atoms with Crippen molar-refractivity contribution < 1.29 is 4.74 Å². The lowest BCUT2D eigenvalue weighted by atomic mass is 9.98. The van der Waals surface area contributed by atoms with Gasteiger partial charge in [0.15, 0.2) is 0 Å². The lowest BCUT2D eigenvalue weighted by molar-refractivity contribution is 0.414. The first-order chi connectivity index (χ1) is 10.0. The number of ether oxygens (including phenoxy) is 1. The average Bonchev–Trinajstić information content (AvgIpc) is 2.85. The summed E-state index contributed by atoms with van der Waals surface area (Å²) in [5.41, 5.74) is 4.82. The Bertz CT molecular complexity index is 602. The van der Waals surface area contributed by atoms with E-state index in [2.05, 4.69) is 49.5 Å². The number of benzene rings is 1. The molecule has 4 heteroatoms. The smallest absolute Gasteiger partial charge is 0.119 e. The van der Waals surface area contributed by atoms with Crippen molar-refractivity contribution >= 4 is 0 Å². The Morgan fingerprint density at radius 1 is 1.29 bits per heavy atom. The molecule has 0 spiro atoms. The van der Waals surface area contributed by atoms with Gasteiger partial charge in [-0.1, -0.05) is 26.8 Å². The fourth-order valence-corrected chi connectivity index (χ4v) is 2.44. The molecule has 2 aromatic rings. The summed E-state index contributed by atoms with van der Waals surface area (Å²) >= 11 is 0. The molecule has 0 aliphatic rings. The Kier molecular flexibility index (Phi) is 5.02. The summed E-state index contributed by atoms with van der Waals surface area (Å²) in [5.74, 6) is 0.890. The molecular formula is C17H25N3O. The van der Waals surface area contributed by atoms with Crippen molar-refractivity contribution in [2.24, 2.45) is 7.05 Å². The maximum Gasteiger partial charge on any atom is 0.119 e. The SMILES string of the molecule is CCc1nn(C)cc1-c1ccc(OC)cc1CNC(C)C. The summed E-state index contributed by atoms with van der Waals surface area (Å²) in [6, 6.07) is 6.70. The van der Waals surface area contributed by atoms with Crippen molar-refractivity contribution in [1.82, 2.24) is 15.1 Å². The minimum atomic E-state index is 0.448. The monoisotopic (exact) mass is 287 g/mol. The molecule has 0 aliphatic carbocycles. The van der Waals surface area contributed by atoms with Crippen molar-refractivity contribution in [2.75, 3.05) is 7.11 Å². The van der Waals surface area contributed by atoms with E-state index in [9.17, 15) is 0 Å². The molecule has 0 radical (unpaired) electrons. The second-order valence-corrected chi connectivity index (χ2v) is 5.58. The average molecular weight is 287 g/mol. The maximum atomic E-state index is 5.37. The van der Waals surface area contributed by atoms with Crippen LogP contribution in [0.4, 0.5) is 0 Å². The fraction of sp³-hybridized carbons (Fsp3) is 0.471. The fourth-order valence-electron chi connectivity index (χ4n) is 2.44. The predicted octanol–water partition coefficient (Wildman–Crippen LogP) is 3.16. The molecule has 1 N–H and O–H groups in total. The topological polar surface area (TPSA) is 39.1 Å². The number of hydrogen-bond donors (Lipinski definition) is 1. The quantitative estimate of drug-likeness (QED) is 0.887. The van der Waals surface area contributed by atoms with Crippen LogP contribution >= 0.6 is 0 Å². The molecule has 0 saturated carbocycles. The third-order valence-electron chi connectivity index (χ3n) is 3.54. The van der Waals surface area contributed by atoms with Gasteiger partial charge in [0.1, 0.15) is 5.75 Å². The van der Waals surface area contributed by atoms with Crippen LogP contribution in [0.15, 0.2) is 24.4 Å². The highest BCUT2D eigenvalue weighted by Crippen LogP contribution is 2.30. The molecule has 4 nitrogen and oxygen atoms in total. The Hall–Kier alpha value is -1.81. The van der Waals surface area contributed by atoms with Gasteiger partial charge in [-0.15, -0.1) is 0 Å². The van der Waals surface area contributed by atoms with Crippen molar-refractivity contribution in [3.05, 3.63) is 35.7 Å². The van der Waals surface area contributed by atoms with Crippen LogP contribution in [0.3, 0.4) is 0 Å². The van der Waals surface area contributed by atoms with Gasteiger partial charge in [-0.25, -0.2) is 0 Å². The number of nitrogens with zero attached hydrogens (tertiary/aromatic N) is 2. The summed E-state index contributed by atoms with van der Waals surface area (Å²) in [6.45, 7) is 7.27. The van der Waals surface area contributed by atoms with Crippen molar-refractivity contribution in [3.8, 4) is 16.9 Å². The first kappa shape index (κ1) is 15.6. The molecule has 1 aromatic heterocycles. The van der Waals surface area contributed by atoms with E-state index in [1.807, 2.05) is 17.8 Å². The van der Waals surface area contributed by atoms with E-state index in [0.717, 1.165) is 24.4 Å². The second-order valence-electron chi connectivity index (χ2n) is 5.58. The van der Waals surface area contributed by atoms with Gasteiger partial charge in [0.2, 0.25) is 0 Å². The van der Waals surface area contributed by atoms with Crippen LogP contribution in [-0.2, 0) is 20.0 Å². The number of nitrogens with one attached hydrogen (secondary N) is 1. The van der Waals surface area contributed by atoms with Gasteiger partial charge in [-0.05, 0) is 29.7 Å². The highest BCUT2D eigenvalue weighted by Gasteiger charge is 2.13. The zero-order valence-corrected chi connectivity index (χ0v) is 13.6. The molecule has 0 amide bonds. The summed E-state index contributed by atoms with van der Waals surface area (Å²) < 4.78 is 7.25. The van der Waals surface area contributed by atoms with Gasteiger partial charge in [0, 0.05) is 31.4 Å². The van der Waals surface area contributed by atoms with Crippen LogP contribution in [0.2, 0.25) is 0 Å². The van der Waals surface area contributed by atoms with Crippen LogP contribution in [0.1, 0.15) is 32.0 Å². The zero-order chi connectivity index (χ0) is 15.4. The molecule has 114 valence electrons. The van der Waals surface area contributed by atoms with Gasteiger partial charge in [0.05, 0.1) is 12.8 Å². The van der Waals surface area contributed by atoms with Gasteiger partial charge in [-0.2, -0.15) is 5.10 Å². The van der Waals surface area contributed by atoms with E-state index in [1.54, 1.807) is 7.11 Å². The first-order valence-corrected chi connectivity index (χ1v) is 7.48. The molecule has 0 unspecified atom stereocenters. The molecule has 0 bridgehead atoms. The van der Waals surface area contributed by atoms with E-state index in [-0.39, 0.29) is 0 Å². The van der Waals surface area contributed by atoms with Crippen LogP contribution in [-0.4, -0.2) is 22.9 Å². The van der Waals surface area contributed by atoms with E-state index < -0.39 is 0 Å². The van der Waals surface area contributed by atoms with Crippen LogP contribution in [0, 0.1) is 0 Å². The predicted molar refractivity (Wildman–Crippen MR) is 86.5 cm³/mol. The van der Waals surface area contributed by atoms with E-state index >= 15 is 0 Å². The number of hydrogen-bond acceptors (Lipinski definition) is 3. The minimum absolute atomic E-state index is 0.448. The Balaban J connectivity index is 2.45. The number of aromatic nitrogens is 2. The van der Waals surface area contributed by atoms with Crippen LogP contribution in [0.25, 0.3) is 11.1 Å². The molecule has 1 heterocycles. The number of methoxy groups -OCH3 is 1. The summed E-state index contributed by atoms with van der Waals surface area (Å²) in [7, 11) is 3.68. The molecule has 0 atom stereocenters. The van der Waals surface area contributed by atoms with Crippen LogP contribution in [0.5, 0.6) is 5.75 Å². The van der Waals surface area contributed by atoms with Gasteiger partial charge >= 0.3 is 0 Å². The highest BCUT2D eigenvalue weighted by molar-refractivity contribution is 5.70. The molecule has 1 aromatic carbocycles. The number of aryl methyl sites for hydroxylation is 2. The molecule has 0 fully saturated rings. The lowest BCUT2D eigenvalue weighted by Crippen LogP contribution is -2.22. The molecule has 0 saturated heterocycles. The maximum absolute atomic E-state index is 5.37. The van der Waals surface area contributed by atoms with E-state index in [1.165, 1.54) is 16.7 Å². The molecule has 21 heavy (non-hydrogen) atoms. The lowest BCUT2D eigenvalue weighted by Gasteiger charge is -2.14. The van der Waals surface area contributed by atoms with E-state index in [0.29, 0.717) is 6.04 Å². The standard InChI is InChI=1S/C17H25N3O/c1-6-17-16(11-20(4)19-17)15-8-7-14(21-5)9-13(15)10-18-12(2)3/h7-9,11-12,18H,6,10H2,1-5H3. The van der Waals surface area contributed by atoms with Crippen molar-refractivity contribution in [2.45, 2.75) is 39.8 Å².